The molecule has 1 aliphatic rings. The topological polar surface area (TPSA) is 64.6 Å². The van der Waals surface area contributed by atoms with Gasteiger partial charge in [0.05, 0.1) is 6.10 Å². The number of benzene rings is 1. The van der Waals surface area contributed by atoms with Gasteiger partial charge in [-0.15, -0.1) is 0 Å². The van der Waals surface area contributed by atoms with E-state index in [9.17, 15) is 9.59 Å². The van der Waals surface area contributed by atoms with E-state index in [0.29, 0.717) is 17.9 Å². The highest BCUT2D eigenvalue weighted by Gasteiger charge is 2.18. The van der Waals surface area contributed by atoms with Crippen LogP contribution >= 0.6 is 0 Å². The first-order valence-electron chi connectivity index (χ1n) is 7.73. The van der Waals surface area contributed by atoms with Gasteiger partial charge in [0.25, 0.3) is 5.91 Å². The molecule has 1 aliphatic heterocycles. The Morgan fingerprint density at radius 3 is 2.95 bits per heavy atom. The van der Waals surface area contributed by atoms with Crippen molar-refractivity contribution in [2.24, 2.45) is 0 Å². The number of nitrogens with one attached hydrogen (secondary N) is 1. The van der Waals surface area contributed by atoms with Crippen LogP contribution in [0.1, 0.15) is 43.5 Å². The number of carbonyl (C=O) groups is 2. The fourth-order valence-electron chi connectivity index (χ4n) is 2.42. The molecular weight excluding hydrogens is 282 g/mol. The van der Waals surface area contributed by atoms with Crippen LogP contribution in [0.15, 0.2) is 24.3 Å². The molecule has 1 aromatic rings. The van der Waals surface area contributed by atoms with Gasteiger partial charge in [-0.3, -0.25) is 9.59 Å². The Morgan fingerprint density at radius 2 is 2.27 bits per heavy atom. The van der Waals surface area contributed by atoms with E-state index >= 15 is 0 Å². The predicted octanol–water partition coefficient (Wildman–Crippen LogP) is 2.34. The summed E-state index contributed by atoms with van der Waals surface area (Å²) in [5.74, 6) is 0.333. The Hall–Kier alpha value is -1.88. The number of rotatable bonds is 7. The molecule has 0 aromatic heterocycles. The lowest BCUT2D eigenvalue weighted by atomic mass is 10.1. The monoisotopic (exact) mass is 305 g/mol. The highest BCUT2D eigenvalue weighted by molar-refractivity contribution is 5.94. The number of ketones is 1. The predicted molar refractivity (Wildman–Crippen MR) is 83.1 cm³/mol. The second kappa shape index (κ2) is 7.94. The molecule has 0 saturated carbocycles. The summed E-state index contributed by atoms with van der Waals surface area (Å²) in [6.07, 6.45) is 2.67. The fourth-order valence-corrected chi connectivity index (χ4v) is 2.42. The van der Waals surface area contributed by atoms with E-state index in [2.05, 4.69) is 5.32 Å². The molecule has 1 aromatic carbocycles. The van der Waals surface area contributed by atoms with E-state index in [4.69, 9.17) is 9.47 Å². The van der Waals surface area contributed by atoms with E-state index in [1.165, 1.54) is 6.92 Å². The van der Waals surface area contributed by atoms with Crippen molar-refractivity contribution in [1.82, 2.24) is 5.32 Å². The van der Waals surface area contributed by atoms with Gasteiger partial charge in [0.15, 0.2) is 11.9 Å². The second-order valence-corrected chi connectivity index (χ2v) is 5.56. The van der Waals surface area contributed by atoms with Gasteiger partial charge in [-0.25, -0.2) is 0 Å². The summed E-state index contributed by atoms with van der Waals surface area (Å²) in [6.45, 7) is 4.61. The highest BCUT2D eigenvalue weighted by atomic mass is 16.5. The molecule has 1 saturated heterocycles. The standard InChI is InChI=1S/C17H23NO4/c1-12(19)14-5-3-6-16(11-14)22-13(2)17(20)18-9-8-15-7-4-10-21-15/h3,5-6,11,13,15H,4,7-10H2,1-2H3,(H,18,20)/t13-,15+/m1/s1. The Balaban J connectivity index is 1.77. The molecule has 0 radical (unpaired) electrons. The first kappa shape index (κ1) is 16.5. The molecule has 5 heteroatoms. The van der Waals surface area contributed by atoms with Crippen molar-refractivity contribution >= 4 is 11.7 Å². The van der Waals surface area contributed by atoms with Gasteiger partial charge in [-0.05, 0) is 45.2 Å². The third kappa shape index (κ3) is 4.84. The molecule has 5 nitrogen and oxygen atoms in total. The van der Waals surface area contributed by atoms with Gasteiger partial charge < -0.3 is 14.8 Å². The quantitative estimate of drug-likeness (QED) is 0.785. The first-order chi connectivity index (χ1) is 10.6. The lowest BCUT2D eigenvalue weighted by Crippen LogP contribution is -2.37. The molecule has 1 N–H and O–H groups in total. The highest BCUT2D eigenvalue weighted by Crippen LogP contribution is 2.16. The van der Waals surface area contributed by atoms with Gasteiger partial charge in [0.1, 0.15) is 5.75 Å². The maximum Gasteiger partial charge on any atom is 0.260 e. The van der Waals surface area contributed by atoms with E-state index < -0.39 is 6.10 Å². The van der Waals surface area contributed by atoms with Crippen LogP contribution < -0.4 is 10.1 Å². The van der Waals surface area contributed by atoms with E-state index in [-0.39, 0.29) is 17.8 Å². The van der Waals surface area contributed by atoms with Crippen LogP contribution in [-0.2, 0) is 9.53 Å². The van der Waals surface area contributed by atoms with Crippen LogP contribution in [0.2, 0.25) is 0 Å². The van der Waals surface area contributed by atoms with Crippen molar-refractivity contribution in [2.75, 3.05) is 13.2 Å². The smallest absolute Gasteiger partial charge is 0.260 e. The van der Waals surface area contributed by atoms with Crippen LogP contribution in [0, 0.1) is 0 Å². The van der Waals surface area contributed by atoms with Gasteiger partial charge >= 0.3 is 0 Å². The molecule has 0 spiro atoms. The van der Waals surface area contributed by atoms with Crippen molar-refractivity contribution in [3.05, 3.63) is 29.8 Å². The zero-order valence-electron chi connectivity index (χ0n) is 13.1. The molecule has 22 heavy (non-hydrogen) atoms. The zero-order valence-corrected chi connectivity index (χ0v) is 13.1. The average Bonchev–Trinajstić information content (AvgIpc) is 3.00. The van der Waals surface area contributed by atoms with Crippen molar-refractivity contribution in [2.45, 2.75) is 45.3 Å². The summed E-state index contributed by atoms with van der Waals surface area (Å²) in [4.78, 5) is 23.3. The summed E-state index contributed by atoms with van der Waals surface area (Å²) in [5, 5.41) is 2.86. The van der Waals surface area contributed by atoms with E-state index in [1.54, 1.807) is 31.2 Å². The maximum atomic E-state index is 12.0. The Morgan fingerprint density at radius 1 is 1.45 bits per heavy atom. The molecule has 0 unspecified atom stereocenters. The van der Waals surface area contributed by atoms with E-state index in [1.807, 2.05) is 0 Å². The van der Waals surface area contributed by atoms with Crippen LogP contribution in [0.5, 0.6) is 5.75 Å². The molecule has 120 valence electrons. The number of carbonyl (C=O) groups excluding carboxylic acids is 2. The SMILES string of the molecule is CC(=O)c1cccc(O[C@H](C)C(=O)NCC[C@@H]2CCCO2)c1. The lowest BCUT2D eigenvalue weighted by molar-refractivity contribution is -0.127. The minimum Gasteiger partial charge on any atom is -0.481 e. The third-order valence-electron chi connectivity index (χ3n) is 3.71. The molecular formula is C17H23NO4. The first-order valence-corrected chi connectivity index (χ1v) is 7.73. The average molecular weight is 305 g/mol. The largest absolute Gasteiger partial charge is 0.481 e. The van der Waals surface area contributed by atoms with Crippen molar-refractivity contribution in [3.8, 4) is 5.75 Å². The van der Waals surface area contributed by atoms with Crippen LogP contribution in [0.4, 0.5) is 0 Å². The number of Topliss-reactive ketones (excluding diaryl/α,β-unsaturated/α-hetero) is 1. The van der Waals surface area contributed by atoms with Crippen LogP contribution in [0.3, 0.4) is 0 Å². The van der Waals surface area contributed by atoms with Gasteiger partial charge in [0, 0.05) is 18.7 Å². The van der Waals surface area contributed by atoms with Crippen molar-refractivity contribution in [3.63, 3.8) is 0 Å². The summed E-state index contributed by atoms with van der Waals surface area (Å²) < 4.78 is 11.1. The Kier molecular flexibility index (Phi) is 5.95. The minimum atomic E-state index is -0.605. The second-order valence-electron chi connectivity index (χ2n) is 5.56. The fraction of sp³-hybridized carbons (Fsp3) is 0.529. The van der Waals surface area contributed by atoms with E-state index in [0.717, 1.165) is 25.9 Å². The van der Waals surface area contributed by atoms with Crippen LogP contribution in [-0.4, -0.2) is 37.0 Å². The van der Waals surface area contributed by atoms with Gasteiger partial charge in [0.2, 0.25) is 0 Å². The maximum absolute atomic E-state index is 12.0. The lowest BCUT2D eigenvalue weighted by Gasteiger charge is -2.16. The van der Waals surface area contributed by atoms with Gasteiger partial charge in [-0.1, -0.05) is 12.1 Å². The number of amides is 1. The van der Waals surface area contributed by atoms with Gasteiger partial charge in [-0.2, -0.15) is 0 Å². The molecule has 1 heterocycles. The third-order valence-corrected chi connectivity index (χ3v) is 3.71. The summed E-state index contributed by atoms with van der Waals surface area (Å²) in [6, 6.07) is 6.86. The molecule has 0 aliphatic carbocycles. The van der Waals surface area contributed by atoms with Crippen molar-refractivity contribution < 1.29 is 19.1 Å². The molecule has 2 atom stereocenters. The molecule has 2 rings (SSSR count). The summed E-state index contributed by atoms with van der Waals surface area (Å²) >= 11 is 0. The van der Waals surface area contributed by atoms with Crippen molar-refractivity contribution in [1.29, 1.82) is 0 Å². The number of hydrogen-bond acceptors (Lipinski definition) is 4. The molecule has 1 fully saturated rings. The van der Waals surface area contributed by atoms with Crippen LogP contribution in [0.25, 0.3) is 0 Å². The Bertz CT molecular complexity index is 523. The Labute approximate surface area is 131 Å². The molecule has 1 amide bonds. The summed E-state index contributed by atoms with van der Waals surface area (Å²) in [7, 11) is 0. The number of hydrogen-bond donors (Lipinski definition) is 1. The minimum absolute atomic E-state index is 0.0286. The number of ether oxygens (including phenoxy) is 2. The zero-order chi connectivity index (χ0) is 15.9. The molecule has 0 bridgehead atoms. The summed E-state index contributed by atoms with van der Waals surface area (Å²) in [5.41, 5.74) is 0.573. The normalized spacial score (nSPS) is 18.7.